The van der Waals surface area contributed by atoms with Gasteiger partial charge in [-0.25, -0.2) is 0 Å². The minimum Gasteiger partial charge on any atom is -0.341 e. The molecule has 0 aromatic carbocycles. The number of hydrogen-bond donors (Lipinski definition) is 1. The summed E-state index contributed by atoms with van der Waals surface area (Å²) in [5.41, 5.74) is 6.36. The van der Waals surface area contributed by atoms with Gasteiger partial charge in [0.25, 0.3) is 0 Å². The van der Waals surface area contributed by atoms with Crippen molar-refractivity contribution >= 4 is 30.1 Å². The van der Waals surface area contributed by atoms with Gasteiger partial charge in [-0.2, -0.15) is 11.8 Å². The predicted molar refractivity (Wildman–Crippen MR) is 96.4 cm³/mol. The van der Waals surface area contributed by atoms with Crippen molar-refractivity contribution in [2.75, 3.05) is 18.8 Å². The van der Waals surface area contributed by atoms with E-state index in [1.54, 1.807) is 0 Å². The number of fused-ring (bicyclic) bond motifs is 2. The average Bonchev–Trinajstić information content (AvgIpc) is 2.46. The molecule has 1 aliphatic heterocycles. The Labute approximate surface area is 145 Å². The molecule has 2 bridgehead atoms. The van der Waals surface area contributed by atoms with Gasteiger partial charge in [-0.15, -0.1) is 12.4 Å². The van der Waals surface area contributed by atoms with Crippen LogP contribution in [0.25, 0.3) is 0 Å². The summed E-state index contributed by atoms with van der Waals surface area (Å²) < 4.78 is 0. The van der Waals surface area contributed by atoms with Gasteiger partial charge in [0.15, 0.2) is 0 Å². The van der Waals surface area contributed by atoms with Gasteiger partial charge in [0.2, 0.25) is 5.91 Å². The van der Waals surface area contributed by atoms with E-state index in [1.807, 2.05) is 11.8 Å². The molecule has 0 radical (unpaired) electrons. The van der Waals surface area contributed by atoms with E-state index in [0.29, 0.717) is 35.0 Å². The second kappa shape index (κ2) is 7.76. The Morgan fingerprint density at radius 1 is 1.23 bits per heavy atom. The van der Waals surface area contributed by atoms with Gasteiger partial charge >= 0.3 is 0 Å². The smallest absolute Gasteiger partial charge is 0.225 e. The van der Waals surface area contributed by atoms with E-state index in [1.165, 1.54) is 19.3 Å². The van der Waals surface area contributed by atoms with Crippen LogP contribution in [-0.4, -0.2) is 40.9 Å². The standard InChI is InChI=1S/C17H30N2OS.ClH/c1-11(2)15-10-19(6-7-21-15)17(20)14-8-12-4-3-5-13(9-14)16(12)18;/h11-16H,3-10,18H2,1-2H3;1H. The van der Waals surface area contributed by atoms with Gasteiger partial charge in [-0.05, 0) is 43.4 Å². The summed E-state index contributed by atoms with van der Waals surface area (Å²) in [6.45, 7) is 6.45. The van der Waals surface area contributed by atoms with Crippen molar-refractivity contribution in [1.82, 2.24) is 4.90 Å². The Balaban J connectivity index is 0.00000176. The van der Waals surface area contributed by atoms with Crippen LogP contribution in [-0.2, 0) is 4.79 Å². The number of amides is 1. The largest absolute Gasteiger partial charge is 0.341 e. The van der Waals surface area contributed by atoms with Crippen molar-refractivity contribution in [3.63, 3.8) is 0 Å². The molecule has 3 nitrogen and oxygen atoms in total. The first kappa shape index (κ1) is 18.4. The lowest BCUT2D eigenvalue weighted by atomic mass is 9.65. The van der Waals surface area contributed by atoms with E-state index < -0.39 is 0 Å². The lowest BCUT2D eigenvalue weighted by Crippen LogP contribution is -2.52. The summed E-state index contributed by atoms with van der Waals surface area (Å²) in [4.78, 5) is 15.1. The van der Waals surface area contributed by atoms with Crippen LogP contribution in [0, 0.1) is 23.7 Å². The van der Waals surface area contributed by atoms with E-state index in [9.17, 15) is 4.79 Å². The Bertz CT molecular complexity index is 379. The molecular weight excluding hydrogens is 316 g/mol. The minimum absolute atomic E-state index is 0. The third-order valence-corrected chi connectivity index (χ3v) is 7.45. The number of nitrogens with two attached hydrogens (primary N) is 1. The molecule has 1 saturated heterocycles. The van der Waals surface area contributed by atoms with Crippen LogP contribution in [0.4, 0.5) is 0 Å². The van der Waals surface area contributed by atoms with Crippen molar-refractivity contribution in [3.8, 4) is 0 Å². The first-order chi connectivity index (χ1) is 10.1. The second-order valence-electron chi connectivity index (χ2n) is 7.63. The third-order valence-electron chi connectivity index (χ3n) is 5.91. The van der Waals surface area contributed by atoms with Crippen LogP contribution < -0.4 is 5.73 Å². The topological polar surface area (TPSA) is 46.3 Å². The highest BCUT2D eigenvalue weighted by Gasteiger charge is 2.42. The van der Waals surface area contributed by atoms with Gasteiger partial charge in [-0.1, -0.05) is 20.3 Å². The fourth-order valence-corrected chi connectivity index (χ4v) is 5.83. The molecule has 5 heteroatoms. The molecule has 3 fully saturated rings. The van der Waals surface area contributed by atoms with Gasteiger partial charge < -0.3 is 10.6 Å². The van der Waals surface area contributed by atoms with E-state index in [0.717, 1.165) is 31.7 Å². The van der Waals surface area contributed by atoms with Crippen LogP contribution >= 0.6 is 24.2 Å². The summed E-state index contributed by atoms with van der Waals surface area (Å²) in [5.74, 6) is 3.66. The van der Waals surface area contributed by atoms with Crippen molar-refractivity contribution in [2.45, 2.75) is 57.2 Å². The molecule has 2 N–H and O–H groups in total. The molecule has 128 valence electrons. The molecule has 2 aliphatic carbocycles. The molecule has 0 aromatic rings. The zero-order valence-corrected chi connectivity index (χ0v) is 15.5. The number of halogens is 1. The van der Waals surface area contributed by atoms with E-state index in [-0.39, 0.29) is 18.3 Å². The summed E-state index contributed by atoms with van der Waals surface area (Å²) in [6.07, 6.45) is 5.90. The van der Waals surface area contributed by atoms with E-state index >= 15 is 0 Å². The van der Waals surface area contributed by atoms with Crippen LogP contribution in [0.2, 0.25) is 0 Å². The Kier molecular flexibility index (Phi) is 6.49. The zero-order chi connectivity index (χ0) is 15.0. The fourth-order valence-electron chi connectivity index (χ4n) is 4.53. The lowest BCUT2D eigenvalue weighted by Gasteiger charge is -2.45. The van der Waals surface area contributed by atoms with Crippen LogP contribution in [0.3, 0.4) is 0 Å². The minimum atomic E-state index is 0. The molecule has 3 aliphatic rings. The predicted octanol–water partition coefficient (Wildman–Crippen LogP) is 3.16. The summed E-state index contributed by atoms with van der Waals surface area (Å²) in [5, 5.41) is 0.619. The highest BCUT2D eigenvalue weighted by atomic mass is 35.5. The molecule has 0 aromatic heterocycles. The molecule has 0 spiro atoms. The maximum absolute atomic E-state index is 12.9. The van der Waals surface area contributed by atoms with Crippen LogP contribution in [0.5, 0.6) is 0 Å². The third kappa shape index (κ3) is 3.76. The van der Waals surface area contributed by atoms with Gasteiger partial charge in [0, 0.05) is 36.1 Å². The number of carbonyl (C=O) groups excluding carboxylic acids is 1. The first-order valence-electron chi connectivity index (χ1n) is 8.72. The first-order valence-corrected chi connectivity index (χ1v) is 9.77. The quantitative estimate of drug-likeness (QED) is 0.835. The number of carbonyl (C=O) groups is 1. The monoisotopic (exact) mass is 346 g/mol. The molecular formula is C17H31ClN2OS. The number of thioether (sulfide) groups is 1. The van der Waals surface area contributed by atoms with Gasteiger partial charge in [0.05, 0.1) is 0 Å². The van der Waals surface area contributed by atoms with Crippen LogP contribution in [0.15, 0.2) is 0 Å². The maximum atomic E-state index is 12.9. The molecule has 3 atom stereocenters. The summed E-state index contributed by atoms with van der Waals surface area (Å²) in [6, 6.07) is 0.364. The van der Waals surface area contributed by atoms with Gasteiger partial charge in [-0.3, -0.25) is 4.79 Å². The molecule has 22 heavy (non-hydrogen) atoms. The SMILES string of the molecule is CC(C)C1CN(C(=O)C2CC3CCCC(C2)C3N)CCS1.Cl. The number of nitrogens with zero attached hydrogens (tertiary/aromatic N) is 1. The molecule has 3 rings (SSSR count). The molecule has 3 unspecified atom stereocenters. The lowest BCUT2D eigenvalue weighted by molar-refractivity contribution is -0.138. The fraction of sp³-hybridized carbons (Fsp3) is 0.941. The highest BCUT2D eigenvalue weighted by Crippen LogP contribution is 2.42. The molecule has 2 saturated carbocycles. The van der Waals surface area contributed by atoms with Crippen molar-refractivity contribution in [1.29, 1.82) is 0 Å². The van der Waals surface area contributed by atoms with Gasteiger partial charge in [0.1, 0.15) is 0 Å². The maximum Gasteiger partial charge on any atom is 0.225 e. The Morgan fingerprint density at radius 3 is 2.45 bits per heavy atom. The normalized spacial score (nSPS) is 38.5. The number of rotatable bonds is 2. The number of hydrogen-bond acceptors (Lipinski definition) is 3. The van der Waals surface area contributed by atoms with Crippen molar-refractivity contribution in [2.24, 2.45) is 29.4 Å². The second-order valence-corrected chi connectivity index (χ2v) is 8.98. The molecule has 1 heterocycles. The average molecular weight is 347 g/mol. The van der Waals surface area contributed by atoms with E-state index in [2.05, 4.69) is 18.7 Å². The van der Waals surface area contributed by atoms with E-state index in [4.69, 9.17) is 5.73 Å². The Morgan fingerprint density at radius 2 is 1.86 bits per heavy atom. The summed E-state index contributed by atoms with van der Waals surface area (Å²) in [7, 11) is 0. The van der Waals surface area contributed by atoms with Crippen molar-refractivity contribution in [3.05, 3.63) is 0 Å². The van der Waals surface area contributed by atoms with Crippen molar-refractivity contribution < 1.29 is 4.79 Å². The van der Waals surface area contributed by atoms with Crippen LogP contribution in [0.1, 0.15) is 46.0 Å². The zero-order valence-electron chi connectivity index (χ0n) is 13.9. The summed E-state index contributed by atoms with van der Waals surface area (Å²) >= 11 is 2.04. The molecule has 1 amide bonds. The highest BCUT2D eigenvalue weighted by molar-refractivity contribution is 8.00. The Hall–Kier alpha value is 0.0700.